The van der Waals surface area contributed by atoms with Crippen molar-refractivity contribution in [3.8, 4) is 0 Å². The second-order valence-electron chi connectivity index (χ2n) is 5.09. The van der Waals surface area contributed by atoms with Gasteiger partial charge in [0.15, 0.2) is 17.7 Å². The fourth-order valence-electron chi connectivity index (χ4n) is 2.66. The number of nitrogens with two attached hydrogens (primary N) is 1. The third-order valence-corrected chi connectivity index (χ3v) is 5.39. The van der Waals surface area contributed by atoms with E-state index in [-0.39, 0.29) is 17.7 Å². The van der Waals surface area contributed by atoms with E-state index in [9.17, 15) is 10.00 Å². The lowest BCUT2D eigenvalue weighted by Gasteiger charge is -2.30. The summed E-state index contributed by atoms with van der Waals surface area (Å²) in [7, 11) is 0. The van der Waals surface area contributed by atoms with Gasteiger partial charge in [0.2, 0.25) is 5.28 Å². The van der Waals surface area contributed by atoms with Crippen molar-refractivity contribution in [1.29, 1.82) is 0 Å². The molecule has 0 radical (unpaired) electrons. The van der Waals surface area contributed by atoms with Crippen molar-refractivity contribution >= 4 is 47.1 Å². The number of anilines is 1. The van der Waals surface area contributed by atoms with Gasteiger partial charge < -0.3 is 25.0 Å². The molecular formula is C10H11ClN5O5PS. The maximum atomic E-state index is 10.5. The van der Waals surface area contributed by atoms with Crippen LogP contribution in [0.4, 0.5) is 5.82 Å². The molecule has 10 nitrogen and oxygen atoms in total. The van der Waals surface area contributed by atoms with E-state index in [2.05, 4.69) is 15.0 Å². The number of aliphatic hydroxyl groups is 1. The molecule has 0 amide bonds. The quantitative estimate of drug-likeness (QED) is 0.456. The number of hydrogen-bond acceptors (Lipinski definition) is 9. The predicted molar refractivity (Wildman–Crippen MR) is 82.0 cm³/mol. The molecule has 0 aliphatic carbocycles. The topological polar surface area (TPSA) is 138 Å². The summed E-state index contributed by atoms with van der Waals surface area (Å²) >= 11 is 10.6. The van der Waals surface area contributed by atoms with Crippen LogP contribution in [0, 0.1) is 0 Å². The van der Waals surface area contributed by atoms with Crippen molar-refractivity contribution in [2.45, 2.75) is 24.5 Å². The third kappa shape index (κ3) is 2.53. The van der Waals surface area contributed by atoms with Crippen molar-refractivity contribution in [3.63, 3.8) is 0 Å². The summed E-state index contributed by atoms with van der Waals surface area (Å²) in [4.78, 5) is 21.7. The number of aliphatic hydroxyl groups excluding tert-OH is 1. The summed E-state index contributed by atoms with van der Waals surface area (Å²) in [6, 6.07) is 0. The van der Waals surface area contributed by atoms with Crippen LogP contribution in [0.3, 0.4) is 0 Å². The van der Waals surface area contributed by atoms with Crippen molar-refractivity contribution in [2.75, 3.05) is 12.3 Å². The zero-order chi connectivity index (χ0) is 16.4. The zero-order valence-corrected chi connectivity index (χ0v) is 13.8. The Hall–Kier alpha value is -0.910. The minimum absolute atomic E-state index is 0.0243. The van der Waals surface area contributed by atoms with Crippen molar-refractivity contribution < 1.29 is 23.8 Å². The maximum Gasteiger partial charge on any atom is 0.325 e. The highest BCUT2D eigenvalue weighted by Crippen LogP contribution is 2.52. The van der Waals surface area contributed by atoms with Crippen molar-refractivity contribution in [2.24, 2.45) is 0 Å². The lowest BCUT2D eigenvalue weighted by atomic mass is 10.1. The molecule has 124 valence electrons. The van der Waals surface area contributed by atoms with Gasteiger partial charge in [0.25, 0.3) is 0 Å². The second-order valence-corrected chi connectivity index (χ2v) is 8.22. The minimum atomic E-state index is -3.36. The molecule has 2 unspecified atom stereocenters. The van der Waals surface area contributed by atoms with Crippen molar-refractivity contribution in [3.05, 3.63) is 11.6 Å². The van der Waals surface area contributed by atoms with Gasteiger partial charge in [0.1, 0.15) is 23.8 Å². The largest absolute Gasteiger partial charge is 0.386 e. The van der Waals surface area contributed by atoms with Crippen LogP contribution in [0.2, 0.25) is 5.28 Å². The molecule has 13 heteroatoms. The van der Waals surface area contributed by atoms with E-state index in [0.29, 0.717) is 11.2 Å². The molecule has 23 heavy (non-hydrogen) atoms. The van der Waals surface area contributed by atoms with E-state index in [1.807, 2.05) is 0 Å². The Morgan fingerprint density at radius 3 is 3.04 bits per heavy atom. The molecule has 2 fully saturated rings. The lowest BCUT2D eigenvalue weighted by Crippen LogP contribution is -2.39. The highest BCUT2D eigenvalue weighted by Gasteiger charge is 2.51. The van der Waals surface area contributed by atoms with E-state index in [1.54, 1.807) is 0 Å². The number of halogens is 1. The zero-order valence-electron chi connectivity index (χ0n) is 11.3. The van der Waals surface area contributed by atoms with E-state index >= 15 is 0 Å². The molecule has 2 aromatic rings. The standard InChI is InChI=1S/C10H11ClN5O5PS/c11-10-14-7(12)4-8(15-10)16(2-13-4)9-5(17)6-3(20-9)1-19-22(18,23)21-6/h2-3,5-6,9,17H,1H2,(H,18,23)(H2,12,14,15)/t3-,5+,6?,9-,22?/m1/s1. The molecule has 4 N–H and O–H groups in total. The number of rotatable bonds is 1. The molecule has 4 heterocycles. The van der Waals surface area contributed by atoms with E-state index in [4.69, 9.17) is 42.9 Å². The van der Waals surface area contributed by atoms with Gasteiger partial charge in [-0.2, -0.15) is 9.97 Å². The van der Waals surface area contributed by atoms with Gasteiger partial charge in [-0.05, 0) is 23.4 Å². The van der Waals surface area contributed by atoms with Gasteiger partial charge in [-0.25, -0.2) is 4.98 Å². The summed E-state index contributed by atoms with van der Waals surface area (Å²) in [5, 5.41) is 10.4. The molecule has 0 bridgehead atoms. The van der Waals surface area contributed by atoms with E-state index < -0.39 is 31.3 Å². The average molecular weight is 380 g/mol. The van der Waals surface area contributed by atoms with Crippen molar-refractivity contribution in [1.82, 2.24) is 19.5 Å². The molecule has 5 atom stereocenters. The smallest absolute Gasteiger partial charge is 0.325 e. The van der Waals surface area contributed by atoms with Crippen LogP contribution >= 0.6 is 18.3 Å². The fraction of sp³-hybridized carbons (Fsp3) is 0.500. The minimum Gasteiger partial charge on any atom is -0.386 e. The van der Waals surface area contributed by atoms with Crippen LogP contribution in [0.5, 0.6) is 0 Å². The maximum absolute atomic E-state index is 10.5. The summed E-state index contributed by atoms with van der Waals surface area (Å²) in [5.74, 6) is 0.120. The third-order valence-electron chi connectivity index (χ3n) is 3.66. The van der Waals surface area contributed by atoms with Gasteiger partial charge in [-0.15, -0.1) is 0 Å². The Morgan fingerprint density at radius 2 is 2.26 bits per heavy atom. The van der Waals surface area contributed by atoms with E-state index in [0.717, 1.165) is 0 Å². The molecule has 2 aliphatic heterocycles. The first-order valence-electron chi connectivity index (χ1n) is 6.50. The average Bonchev–Trinajstić information content (AvgIpc) is 3.00. The fourth-order valence-corrected chi connectivity index (χ4v) is 4.28. The number of imidazole rings is 1. The molecular weight excluding hydrogens is 369 g/mol. The first-order chi connectivity index (χ1) is 10.9. The van der Waals surface area contributed by atoms with Crippen LogP contribution in [0.15, 0.2) is 6.33 Å². The second kappa shape index (κ2) is 5.30. The Kier molecular flexibility index (Phi) is 3.59. The summed E-state index contributed by atoms with van der Waals surface area (Å²) in [6.45, 7) is -3.34. The number of ether oxygens (including phenoxy) is 1. The Bertz CT molecular complexity index is 835. The van der Waals surface area contributed by atoms with Gasteiger partial charge in [-0.1, -0.05) is 0 Å². The monoisotopic (exact) mass is 379 g/mol. The van der Waals surface area contributed by atoms with Gasteiger partial charge in [0.05, 0.1) is 12.9 Å². The highest BCUT2D eigenvalue weighted by atomic mass is 35.5. The Morgan fingerprint density at radius 1 is 1.48 bits per heavy atom. The number of nitrogen functional groups attached to an aromatic ring is 1. The summed E-state index contributed by atoms with van der Waals surface area (Å²) in [6.07, 6.45) is -1.95. The molecule has 2 aromatic heterocycles. The number of aromatic nitrogens is 4. The molecule has 0 aromatic carbocycles. The first kappa shape index (κ1) is 15.6. The van der Waals surface area contributed by atoms with E-state index in [1.165, 1.54) is 10.9 Å². The number of fused-ring (bicyclic) bond motifs is 2. The molecule has 0 saturated carbocycles. The predicted octanol–water partition coefficient (Wildman–Crippen LogP) is -0.0476. The molecule has 0 spiro atoms. The first-order valence-corrected chi connectivity index (χ1v) is 9.47. The normalized spacial score (nSPS) is 37.2. The number of nitrogens with zero attached hydrogens (tertiary/aromatic N) is 4. The summed E-state index contributed by atoms with van der Waals surface area (Å²) < 4.78 is 17.5. The number of hydrogen-bond donors (Lipinski definition) is 3. The van der Waals surface area contributed by atoms with Crippen LogP contribution in [0.25, 0.3) is 11.2 Å². The summed E-state index contributed by atoms with van der Waals surface area (Å²) in [5.41, 5.74) is 6.41. The van der Waals surface area contributed by atoms with Crippen LogP contribution in [-0.4, -0.2) is 54.4 Å². The van der Waals surface area contributed by atoms with Gasteiger partial charge in [0, 0.05) is 0 Å². The lowest BCUT2D eigenvalue weighted by molar-refractivity contribution is -0.0593. The Labute approximate surface area is 139 Å². The van der Waals surface area contributed by atoms with Crippen LogP contribution in [0.1, 0.15) is 6.23 Å². The SMILES string of the molecule is Nc1nc(Cl)nc2c1ncn2[C@@H]1O[C@@H]2COP(O)(=S)OC2[C@@H]1O. The molecule has 2 aliphatic rings. The van der Waals surface area contributed by atoms with Crippen LogP contribution in [-0.2, 0) is 25.6 Å². The Balaban J connectivity index is 1.73. The molecule has 4 rings (SSSR count). The highest BCUT2D eigenvalue weighted by molar-refractivity contribution is 8.07. The van der Waals surface area contributed by atoms with Gasteiger partial charge in [-0.3, -0.25) is 9.09 Å². The van der Waals surface area contributed by atoms with Crippen LogP contribution < -0.4 is 5.73 Å². The molecule has 2 saturated heterocycles. The van der Waals surface area contributed by atoms with Gasteiger partial charge >= 0.3 is 6.72 Å².